The van der Waals surface area contributed by atoms with Crippen molar-refractivity contribution >= 4 is 92.3 Å². The SMILES string of the molecule is CO[C@@H]1[C@H](SCOC[C@H]2O[C@@H](n3cnc4c(=O)[nH]c(N)nc43)[C@H](O)[C@@H]2O)C(COP(=O)(O)OP(=O)(O)OP(=O)(O)OC[C@H]2O[C@@H]([n+]3cn(C)c4c(=O)[nH]c(N)nc43)[C@H](O)[C@@H]2CC(=O)N(C)C)O[C@H]1n1cnc2c(N)ncnc21. The fourth-order valence-electron chi connectivity index (χ4n) is 9.03. The number of hydrogen-bond donors (Lipinski definition) is 11. The van der Waals surface area contributed by atoms with Crippen LogP contribution in [0, 0.1) is 5.92 Å². The number of thioether (sulfide) groups is 1. The van der Waals surface area contributed by atoms with Crippen molar-refractivity contribution in [3.8, 4) is 0 Å². The summed E-state index contributed by atoms with van der Waals surface area (Å²) in [6, 6.07) is 0. The summed E-state index contributed by atoms with van der Waals surface area (Å²) in [5.41, 5.74) is 16.4. The van der Waals surface area contributed by atoms with Crippen LogP contribution >= 0.6 is 35.2 Å². The zero-order valence-corrected chi connectivity index (χ0v) is 44.5. The number of phosphoric ester groups is 2. The first-order valence-corrected chi connectivity index (χ1v) is 28.3. The van der Waals surface area contributed by atoms with Gasteiger partial charge in [-0.25, -0.2) is 38.2 Å². The number of aliphatic hydroxyl groups is 3. The van der Waals surface area contributed by atoms with Crippen molar-refractivity contribution in [1.82, 2.24) is 58.5 Å². The van der Waals surface area contributed by atoms with Crippen LogP contribution in [-0.4, -0.2) is 189 Å². The molecule has 0 radical (unpaired) electrons. The fraction of sp³-hybridized carbons (Fsp3) is 0.568. The molecular formula is C37H52N16O21P3S+. The maximum Gasteiger partial charge on any atom is 0.490 e. The summed E-state index contributed by atoms with van der Waals surface area (Å²) in [6.45, 7) is -2.26. The second kappa shape index (κ2) is 22.2. The summed E-state index contributed by atoms with van der Waals surface area (Å²) in [5, 5.41) is 32.4. The third-order valence-corrected chi connectivity index (χ3v) is 18.1. The van der Waals surface area contributed by atoms with Crippen LogP contribution in [0.25, 0.3) is 33.5 Å². The second-order valence-corrected chi connectivity index (χ2v) is 23.7. The molecule has 3 aliphatic rings. The van der Waals surface area contributed by atoms with Crippen LogP contribution in [0.3, 0.4) is 0 Å². The van der Waals surface area contributed by atoms with Gasteiger partial charge in [0.05, 0.1) is 62.9 Å². The van der Waals surface area contributed by atoms with E-state index < -0.39 is 133 Å². The van der Waals surface area contributed by atoms with Gasteiger partial charge in [-0.15, -0.1) is 11.8 Å². The number of aliphatic hydroxyl groups excluding tert-OH is 3. The summed E-state index contributed by atoms with van der Waals surface area (Å²) in [6.07, 6.45) is -8.75. The lowest BCUT2D eigenvalue weighted by Gasteiger charge is -2.24. The van der Waals surface area contributed by atoms with Crippen LogP contribution in [0.2, 0.25) is 0 Å². The maximum atomic E-state index is 13.4. The van der Waals surface area contributed by atoms with Gasteiger partial charge in [0, 0.05) is 33.5 Å². The highest BCUT2D eigenvalue weighted by Gasteiger charge is 2.52. The number of carbonyl (C=O) groups excluding carboxylic acids is 1. The van der Waals surface area contributed by atoms with Gasteiger partial charge in [-0.3, -0.25) is 47.1 Å². The van der Waals surface area contributed by atoms with Crippen molar-refractivity contribution in [3.05, 3.63) is 46.0 Å². The smallest absolute Gasteiger partial charge is 0.387 e. The maximum absolute atomic E-state index is 13.4. The van der Waals surface area contributed by atoms with Gasteiger partial charge >= 0.3 is 29.1 Å². The Kier molecular flexibility index (Phi) is 16.3. The molecule has 3 fully saturated rings. The number of carbonyl (C=O) groups is 1. The molecule has 6 aromatic rings. The minimum Gasteiger partial charge on any atom is -0.387 e. The van der Waals surface area contributed by atoms with Gasteiger partial charge in [-0.1, -0.05) is 4.98 Å². The molecule has 4 unspecified atom stereocenters. The van der Waals surface area contributed by atoms with E-state index in [2.05, 4.69) is 48.5 Å². The first kappa shape index (κ1) is 57.3. The number of anilines is 3. The number of methoxy groups -OCH3 is 1. The van der Waals surface area contributed by atoms with Gasteiger partial charge < -0.3 is 75.8 Å². The van der Waals surface area contributed by atoms with Gasteiger partial charge in [0.15, 0.2) is 41.4 Å². The predicted octanol–water partition coefficient (Wildman–Crippen LogP) is -3.40. The van der Waals surface area contributed by atoms with E-state index in [4.69, 9.17) is 49.9 Å². The van der Waals surface area contributed by atoms with E-state index in [1.54, 1.807) is 0 Å². The molecule has 9 heterocycles. The third kappa shape index (κ3) is 11.6. The summed E-state index contributed by atoms with van der Waals surface area (Å²) in [5.74, 6) is -2.44. The van der Waals surface area contributed by atoms with Crippen molar-refractivity contribution in [2.45, 2.75) is 73.1 Å². The highest BCUT2D eigenvalue weighted by atomic mass is 32.2. The summed E-state index contributed by atoms with van der Waals surface area (Å²) < 4.78 is 93.6. The number of H-pyrrole nitrogens is 2. The Bertz CT molecular complexity index is 3490. The van der Waals surface area contributed by atoms with Crippen LogP contribution in [0.4, 0.5) is 17.7 Å². The average Bonchev–Trinajstić information content (AvgIpc) is 4.38. The molecule has 0 aromatic carbocycles. The van der Waals surface area contributed by atoms with Gasteiger partial charge in [0.2, 0.25) is 23.6 Å². The van der Waals surface area contributed by atoms with Crippen LogP contribution in [0.5, 0.6) is 0 Å². The zero-order valence-electron chi connectivity index (χ0n) is 41.0. The number of hydrogen-bond acceptors (Lipinski definition) is 28. The third-order valence-electron chi connectivity index (χ3n) is 12.6. The summed E-state index contributed by atoms with van der Waals surface area (Å²) >= 11 is 0.998. The molecule has 3 aliphatic heterocycles. The molecule has 3 saturated heterocycles. The number of aromatic amines is 2. The van der Waals surface area contributed by atoms with Crippen LogP contribution in [0.15, 0.2) is 34.9 Å². The lowest BCUT2D eigenvalue weighted by atomic mass is 9.94. The lowest BCUT2D eigenvalue weighted by Crippen LogP contribution is -2.45. The number of nitrogens with two attached hydrogens (primary N) is 3. The van der Waals surface area contributed by atoms with Crippen LogP contribution in [0.1, 0.15) is 25.1 Å². The first-order chi connectivity index (χ1) is 36.8. The van der Waals surface area contributed by atoms with Crippen molar-refractivity contribution in [3.63, 3.8) is 0 Å². The number of amides is 1. The number of nitrogens with zero attached hydrogens (tertiary/aromatic N) is 11. The van der Waals surface area contributed by atoms with Gasteiger partial charge in [-0.2, -0.15) is 13.6 Å². The van der Waals surface area contributed by atoms with E-state index in [1.165, 1.54) is 76.7 Å². The van der Waals surface area contributed by atoms with Gasteiger partial charge in [0.25, 0.3) is 17.1 Å². The number of aromatic nitrogens is 12. The monoisotopic (exact) mass is 1180 g/mol. The van der Waals surface area contributed by atoms with E-state index in [1.807, 2.05) is 0 Å². The Balaban J connectivity index is 0.854. The van der Waals surface area contributed by atoms with E-state index in [-0.39, 0.29) is 63.8 Å². The van der Waals surface area contributed by atoms with E-state index >= 15 is 0 Å². The van der Waals surface area contributed by atoms with Crippen molar-refractivity contribution in [2.75, 3.05) is 64.2 Å². The molecule has 0 saturated carbocycles. The largest absolute Gasteiger partial charge is 0.490 e. The first-order valence-electron chi connectivity index (χ1n) is 22.8. The summed E-state index contributed by atoms with van der Waals surface area (Å²) in [7, 11) is -12.0. The Hall–Kier alpha value is -5.44. The molecule has 78 heavy (non-hydrogen) atoms. The highest BCUT2D eigenvalue weighted by molar-refractivity contribution is 7.99. The predicted molar refractivity (Wildman–Crippen MR) is 261 cm³/mol. The normalized spacial score (nSPS) is 28.8. The Morgan fingerprint density at radius 1 is 0.795 bits per heavy atom. The molecule has 0 spiro atoms. The molecule has 9 rings (SSSR count). The van der Waals surface area contributed by atoms with Crippen LogP contribution < -0.4 is 32.9 Å². The number of imidazole rings is 3. The molecule has 0 aliphatic carbocycles. The van der Waals surface area contributed by atoms with E-state index in [0.717, 1.165) is 11.8 Å². The highest BCUT2D eigenvalue weighted by Crippen LogP contribution is 2.68. The molecule has 14 N–H and O–H groups in total. The standard InChI is InChI=1S/C37H51N16O21P3S/c1-49(2)18(54)5-14-15(70-33(22(14)55)53-12-50(3)21-30(53)46-37(40)48-32(21)59)7-68-75(60,61)73-77(64,65)74-76(62,63)69-8-17-26(25(66-4)35(72-17)51-10-43-19-27(38)41-9-42-28(19)51)78-13-67-6-16-23(56)24(57)34(71-16)52-11-44-20-29(52)45-36(39)47-31(20)58/h9-12,14-17,22-26,33-35,55-57H,5-8,13H2,1-4H3,(H10-,38,39,40,41,42,45,46,47,48,58,59,60,61,62,63,64,65)/p+1/t14-,15-,16-,17?,22-,23-,24-,25-,26-,33-,34-,35-/m1/s1. The van der Waals surface area contributed by atoms with Gasteiger partial charge in [-0.05, 0) is 0 Å². The number of aryl methyl sites for hydroxylation is 1. The summed E-state index contributed by atoms with van der Waals surface area (Å²) in [4.78, 5) is 100. The molecule has 15 atom stereocenters. The number of nitrogen functional groups attached to an aromatic ring is 3. The fourth-order valence-corrected chi connectivity index (χ4v) is 13.7. The topological polar surface area (TPSA) is 516 Å². The molecular weight excluding hydrogens is 1130 g/mol. The number of nitrogens with one attached hydrogen (secondary N) is 2. The van der Waals surface area contributed by atoms with Crippen molar-refractivity contribution in [2.24, 2.45) is 13.0 Å². The Labute approximate surface area is 440 Å². The van der Waals surface area contributed by atoms with Crippen molar-refractivity contribution < 1.29 is 94.4 Å². The zero-order chi connectivity index (χ0) is 56.3. The number of fused-ring (bicyclic) bond motifs is 3. The number of rotatable bonds is 21. The molecule has 6 aromatic heterocycles. The lowest BCUT2D eigenvalue weighted by molar-refractivity contribution is -0.745. The molecule has 0 bridgehead atoms. The van der Waals surface area contributed by atoms with Gasteiger partial charge in [0.1, 0.15) is 42.4 Å². The Morgan fingerprint density at radius 3 is 2.10 bits per heavy atom. The Morgan fingerprint density at radius 2 is 1.42 bits per heavy atom. The quantitative estimate of drug-likeness (QED) is 0.0145. The molecule has 1 amide bonds. The second-order valence-electron chi connectivity index (χ2n) is 17.9. The average molecular weight is 1180 g/mol. The van der Waals surface area contributed by atoms with E-state index in [9.17, 15) is 58.1 Å². The minimum atomic E-state index is -6.11. The molecule has 41 heteroatoms. The number of phosphoric acid groups is 3. The number of ether oxygens (including phenoxy) is 5. The van der Waals surface area contributed by atoms with E-state index in [0.29, 0.717) is 0 Å². The molecule has 426 valence electrons. The minimum absolute atomic E-state index is 0.0185. The molecule has 37 nitrogen and oxygen atoms in total. The van der Waals surface area contributed by atoms with Crippen molar-refractivity contribution in [1.29, 1.82) is 0 Å². The van der Waals surface area contributed by atoms with Crippen LogP contribution in [-0.2, 0) is 66.9 Å².